The molecule has 0 N–H and O–H groups in total. The van der Waals surface area contributed by atoms with Crippen molar-refractivity contribution in [1.82, 2.24) is 0 Å². The van der Waals surface area contributed by atoms with E-state index in [9.17, 15) is 4.79 Å². The van der Waals surface area contributed by atoms with Crippen LogP contribution in [-0.2, 0) is 11.2 Å². The normalized spacial score (nSPS) is 29.5. The van der Waals surface area contributed by atoms with Crippen LogP contribution in [0.15, 0.2) is 24.3 Å². The van der Waals surface area contributed by atoms with Gasteiger partial charge in [-0.25, -0.2) is 0 Å². The average molecular weight is 202 g/mol. The van der Waals surface area contributed by atoms with E-state index in [4.69, 9.17) is 4.74 Å². The van der Waals surface area contributed by atoms with Crippen LogP contribution in [0.4, 0.5) is 0 Å². The molecule has 1 saturated heterocycles. The lowest BCUT2D eigenvalue weighted by atomic mass is 9.90. The van der Waals surface area contributed by atoms with Gasteiger partial charge in [-0.15, -0.1) is 0 Å². The second-order valence-electron chi connectivity index (χ2n) is 4.46. The van der Waals surface area contributed by atoms with Gasteiger partial charge in [0.1, 0.15) is 5.60 Å². The van der Waals surface area contributed by atoms with E-state index in [1.54, 1.807) is 0 Å². The van der Waals surface area contributed by atoms with Gasteiger partial charge in [0.05, 0.1) is 0 Å². The first kappa shape index (κ1) is 9.10. The molecule has 1 aromatic rings. The Balaban J connectivity index is 2.01. The summed E-state index contributed by atoms with van der Waals surface area (Å²) in [5.74, 6) is 0.206. The van der Waals surface area contributed by atoms with Crippen molar-refractivity contribution in [3.8, 4) is 0 Å². The Hall–Kier alpha value is -1.15. The summed E-state index contributed by atoms with van der Waals surface area (Å²) in [5, 5.41) is 0. The van der Waals surface area contributed by atoms with Gasteiger partial charge >= 0.3 is 0 Å². The summed E-state index contributed by atoms with van der Waals surface area (Å²) in [6, 6.07) is 7.89. The molecule has 2 heteroatoms. The first-order valence-electron chi connectivity index (χ1n) is 5.58. The molecule has 15 heavy (non-hydrogen) atoms. The van der Waals surface area contributed by atoms with Crippen LogP contribution in [0, 0.1) is 0 Å². The number of hydrogen-bond donors (Lipinski definition) is 0. The summed E-state index contributed by atoms with van der Waals surface area (Å²) in [7, 11) is 0. The fourth-order valence-corrected chi connectivity index (χ4v) is 2.70. The molecule has 0 saturated carbocycles. The van der Waals surface area contributed by atoms with Gasteiger partial charge < -0.3 is 4.74 Å². The molecule has 0 bridgehead atoms. The molecule has 0 unspecified atom stereocenters. The van der Waals surface area contributed by atoms with Crippen molar-refractivity contribution in [2.75, 3.05) is 6.61 Å². The second kappa shape index (κ2) is 3.17. The minimum atomic E-state index is -0.498. The Morgan fingerprint density at radius 1 is 1.20 bits per heavy atom. The number of ketones is 1. The smallest absolute Gasteiger partial charge is 0.195 e. The van der Waals surface area contributed by atoms with Crippen LogP contribution in [-0.4, -0.2) is 18.0 Å². The molecule has 78 valence electrons. The lowest BCUT2D eigenvalue weighted by Crippen LogP contribution is -2.42. The van der Waals surface area contributed by atoms with E-state index in [1.165, 1.54) is 0 Å². The van der Waals surface area contributed by atoms with Crippen LogP contribution in [0.2, 0.25) is 0 Å². The molecule has 1 heterocycles. The zero-order chi connectivity index (χ0) is 10.3. The standard InChI is InChI=1S/C13H14O2/c14-12-11-6-2-1-5-10(11)9-13(12)7-3-4-8-15-13/h1-2,5-6H,3-4,7-9H2/t13-/m0/s1. The summed E-state index contributed by atoms with van der Waals surface area (Å²) in [6.45, 7) is 0.736. The quantitative estimate of drug-likeness (QED) is 0.645. The molecular formula is C13H14O2. The Kier molecular flexibility index (Phi) is 1.93. The third-order valence-electron chi connectivity index (χ3n) is 3.51. The Labute approximate surface area is 89.2 Å². The molecule has 2 nitrogen and oxygen atoms in total. The molecule has 1 fully saturated rings. The molecule has 1 aliphatic heterocycles. The highest BCUT2D eigenvalue weighted by molar-refractivity contribution is 6.07. The average Bonchev–Trinajstić information content (AvgIpc) is 2.54. The zero-order valence-corrected chi connectivity index (χ0v) is 8.66. The summed E-state index contributed by atoms with van der Waals surface area (Å²) in [4.78, 5) is 12.2. The molecule has 1 spiro atoms. The first-order chi connectivity index (χ1) is 7.32. The topological polar surface area (TPSA) is 26.3 Å². The van der Waals surface area contributed by atoms with E-state index in [0.717, 1.165) is 43.4 Å². The summed E-state index contributed by atoms with van der Waals surface area (Å²) < 4.78 is 5.77. The van der Waals surface area contributed by atoms with Crippen LogP contribution in [0.25, 0.3) is 0 Å². The van der Waals surface area contributed by atoms with E-state index in [2.05, 4.69) is 0 Å². The van der Waals surface area contributed by atoms with Gasteiger partial charge in [-0.3, -0.25) is 4.79 Å². The van der Waals surface area contributed by atoms with Crippen molar-refractivity contribution in [3.05, 3.63) is 35.4 Å². The van der Waals surface area contributed by atoms with Gasteiger partial charge in [-0.2, -0.15) is 0 Å². The minimum absolute atomic E-state index is 0.206. The first-order valence-corrected chi connectivity index (χ1v) is 5.58. The van der Waals surface area contributed by atoms with Crippen LogP contribution >= 0.6 is 0 Å². The van der Waals surface area contributed by atoms with Crippen LogP contribution in [0.3, 0.4) is 0 Å². The summed E-state index contributed by atoms with van der Waals surface area (Å²) >= 11 is 0. The van der Waals surface area contributed by atoms with Crippen LogP contribution in [0.5, 0.6) is 0 Å². The van der Waals surface area contributed by atoms with Gasteiger partial charge in [0.25, 0.3) is 0 Å². The van der Waals surface area contributed by atoms with Gasteiger partial charge in [-0.1, -0.05) is 24.3 Å². The molecule has 0 amide bonds. The maximum Gasteiger partial charge on any atom is 0.195 e. The number of fused-ring (bicyclic) bond motifs is 1. The molecule has 0 aromatic heterocycles. The number of hydrogen-bond acceptors (Lipinski definition) is 2. The Morgan fingerprint density at radius 2 is 2.07 bits per heavy atom. The zero-order valence-electron chi connectivity index (χ0n) is 8.66. The van der Waals surface area contributed by atoms with E-state index >= 15 is 0 Å². The van der Waals surface area contributed by atoms with Gasteiger partial charge in [0.2, 0.25) is 0 Å². The molecule has 0 radical (unpaired) electrons. The predicted octanol–water partition coefficient (Wildman–Crippen LogP) is 2.36. The summed E-state index contributed by atoms with van der Waals surface area (Å²) in [5.41, 5.74) is 1.53. The predicted molar refractivity (Wildman–Crippen MR) is 57.0 cm³/mol. The Bertz CT molecular complexity index is 403. The van der Waals surface area contributed by atoms with Crippen LogP contribution < -0.4 is 0 Å². The minimum Gasteiger partial charge on any atom is -0.366 e. The van der Waals surface area contributed by atoms with E-state index < -0.39 is 5.60 Å². The SMILES string of the molecule is O=C1c2ccccc2C[C@@]12CCCCO2. The molecule has 3 rings (SSSR count). The van der Waals surface area contributed by atoms with Gasteiger partial charge in [0, 0.05) is 18.6 Å². The second-order valence-corrected chi connectivity index (χ2v) is 4.46. The third-order valence-corrected chi connectivity index (χ3v) is 3.51. The fourth-order valence-electron chi connectivity index (χ4n) is 2.70. The van der Waals surface area contributed by atoms with Crippen molar-refractivity contribution < 1.29 is 9.53 Å². The van der Waals surface area contributed by atoms with Gasteiger partial charge in [0.15, 0.2) is 5.78 Å². The lowest BCUT2D eigenvalue weighted by molar-refractivity contribution is -0.0491. The number of benzene rings is 1. The molecular weight excluding hydrogens is 188 g/mol. The molecule has 1 aromatic carbocycles. The van der Waals surface area contributed by atoms with E-state index in [-0.39, 0.29) is 5.78 Å². The van der Waals surface area contributed by atoms with Crippen molar-refractivity contribution >= 4 is 5.78 Å². The number of rotatable bonds is 0. The van der Waals surface area contributed by atoms with E-state index in [0.29, 0.717) is 0 Å². The third kappa shape index (κ3) is 1.25. The molecule has 1 aliphatic carbocycles. The number of carbonyl (C=O) groups excluding carboxylic acids is 1. The Morgan fingerprint density at radius 3 is 2.80 bits per heavy atom. The molecule has 2 aliphatic rings. The fraction of sp³-hybridized carbons (Fsp3) is 0.462. The largest absolute Gasteiger partial charge is 0.366 e. The van der Waals surface area contributed by atoms with Gasteiger partial charge in [-0.05, 0) is 24.8 Å². The number of ether oxygens (including phenoxy) is 1. The lowest BCUT2D eigenvalue weighted by Gasteiger charge is -2.31. The van der Waals surface area contributed by atoms with Crippen molar-refractivity contribution in [1.29, 1.82) is 0 Å². The highest BCUT2D eigenvalue weighted by atomic mass is 16.5. The van der Waals surface area contributed by atoms with Crippen molar-refractivity contribution in [3.63, 3.8) is 0 Å². The highest BCUT2D eigenvalue weighted by Crippen LogP contribution is 2.38. The maximum absolute atomic E-state index is 12.2. The number of Topliss-reactive ketones (excluding diaryl/α,β-unsaturated/α-hetero) is 1. The molecule has 1 atom stereocenters. The maximum atomic E-state index is 12.2. The van der Waals surface area contributed by atoms with Crippen molar-refractivity contribution in [2.24, 2.45) is 0 Å². The monoisotopic (exact) mass is 202 g/mol. The van der Waals surface area contributed by atoms with Crippen molar-refractivity contribution in [2.45, 2.75) is 31.3 Å². The van der Waals surface area contributed by atoms with Crippen LogP contribution in [0.1, 0.15) is 35.2 Å². The van der Waals surface area contributed by atoms with E-state index in [1.807, 2.05) is 24.3 Å². The highest BCUT2D eigenvalue weighted by Gasteiger charge is 2.46. The number of carbonyl (C=O) groups is 1. The summed E-state index contributed by atoms with van der Waals surface area (Å²) in [6.07, 6.45) is 3.87.